The molecule has 1 unspecified atom stereocenters. The van der Waals surface area contributed by atoms with Crippen LogP contribution in [0.3, 0.4) is 0 Å². The van der Waals surface area contributed by atoms with Crippen LogP contribution in [0.4, 0.5) is 0 Å². The highest BCUT2D eigenvalue weighted by Gasteiger charge is 2.22. The summed E-state index contributed by atoms with van der Waals surface area (Å²) in [4.78, 5) is 2.37. The molecule has 90 valence electrons. The number of hydrogen-bond donors (Lipinski definition) is 1. The van der Waals surface area contributed by atoms with Gasteiger partial charge in [-0.2, -0.15) is 0 Å². The van der Waals surface area contributed by atoms with Gasteiger partial charge in [0.25, 0.3) is 0 Å². The van der Waals surface area contributed by atoms with Crippen molar-refractivity contribution in [3.05, 3.63) is 23.7 Å². The molecule has 2 rings (SSSR count). The van der Waals surface area contributed by atoms with E-state index < -0.39 is 0 Å². The number of ether oxygens (including phenoxy) is 1. The average Bonchev–Trinajstić information content (AvgIpc) is 2.89. The largest absolute Gasteiger partial charge is 0.463 e. The van der Waals surface area contributed by atoms with Gasteiger partial charge in [0.2, 0.25) is 0 Å². The van der Waals surface area contributed by atoms with Crippen LogP contribution >= 0.6 is 0 Å². The lowest BCUT2D eigenvalue weighted by molar-refractivity contribution is 0.106. The summed E-state index contributed by atoms with van der Waals surface area (Å²) in [5, 5.41) is 3.08. The van der Waals surface area contributed by atoms with Crippen molar-refractivity contribution in [1.82, 2.24) is 10.2 Å². The molecule has 1 saturated heterocycles. The standard InChI is InChI=1S/C12H20N2O2/c1-13-7-10-3-4-12(16-10)9-14-6-5-11(8-14)15-2/h3-4,11,13H,5-9H2,1-2H3. The first-order valence-electron chi connectivity index (χ1n) is 5.79. The van der Waals surface area contributed by atoms with Gasteiger partial charge >= 0.3 is 0 Å². The van der Waals surface area contributed by atoms with Crippen molar-refractivity contribution in [2.24, 2.45) is 0 Å². The first-order valence-corrected chi connectivity index (χ1v) is 5.79. The molecule has 1 atom stereocenters. The van der Waals surface area contributed by atoms with E-state index in [1.165, 1.54) is 0 Å². The second-order valence-corrected chi connectivity index (χ2v) is 4.28. The molecule has 1 fully saturated rings. The first kappa shape index (κ1) is 11.6. The Hall–Kier alpha value is -0.840. The van der Waals surface area contributed by atoms with E-state index in [1.54, 1.807) is 7.11 Å². The van der Waals surface area contributed by atoms with Crippen LogP contribution in [-0.4, -0.2) is 38.3 Å². The highest BCUT2D eigenvalue weighted by Crippen LogP contribution is 2.16. The summed E-state index contributed by atoms with van der Waals surface area (Å²) in [7, 11) is 3.71. The maximum Gasteiger partial charge on any atom is 0.118 e. The van der Waals surface area contributed by atoms with E-state index in [-0.39, 0.29) is 0 Å². The van der Waals surface area contributed by atoms with Crippen LogP contribution in [0.5, 0.6) is 0 Å². The molecule has 0 spiro atoms. The summed E-state index contributed by atoms with van der Waals surface area (Å²) in [5.41, 5.74) is 0. The molecule has 0 amide bonds. The summed E-state index contributed by atoms with van der Waals surface area (Å²) < 4.78 is 11.1. The molecule has 0 radical (unpaired) electrons. The van der Waals surface area contributed by atoms with Crippen LogP contribution in [-0.2, 0) is 17.8 Å². The number of nitrogens with zero attached hydrogens (tertiary/aromatic N) is 1. The smallest absolute Gasteiger partial charge is 0.118 e. The Morgan fingerprint density at radius 2 is 2.31 bits per heavy atom. The van der Waals surface area contributed by atoms with Gasteiger partial charge in [-0.3, -0.25) is 4.90 Å². The van der Waals surface area contributed by atoms with E-state index in [2.05, 4.69) is 16.3 Å². The van der Waals surface area contributed by atoms with Crippen LogP contribution in [0, 0.1) is 0 Å². The Labute approximate surface area is 96.6 Å². The SMILES string of the molecule is CNCc1ccc(CN2CCC(OC)C2)o1. The van der Waals surface area contributed by atoms with Gasteiger partial charge in [-0.1, -0.05) is 0 Å². The van der Waals surface area contributed by atoms with Gasteiger partial charge in [0, 0.05) is 20.2 Å². The molecule has 16 heavy (non-hydrogen) atoms. The summed E-state index contributed by atoms with van der Waals surface area (Å²) >= 11 is 0. The minimum Gasteiger partial charge on any atom is -0.463 e. The average molecular weight is 224 g/mol. The number of methoxy groups -OCH3 is 1. The lowest BCUT2D eigenvalue weighted by Crippen LogP contribution is -2.22. The number of likely N-dealkylation sites (tertiary alicyclic amines) is 1. The molecule has 4 nitrogen and oxygen atoms in total. The Morgan fingerprint density at radius 3 is 3.00 bits per heavy atom. The Morgan fingerprint density at radius 1 is 1.50 bits per heavy atom. The molecule has 0 bridgehead atoms. The van der Waals surface area contributed by atoms with Crippen molar-refractivity contribution in [3.8, 4) is 0 Å². The predicted octanol–water partition coefficient (Wildman–Crippen LogP) is 1.22. The molecule has 1 aliphatic heterocycles. The zero-order valence-electron chi connectivity index (χ0n) is 10.0. The fourth-order valence-corrected chi connectivity index (χ4v) is 2.13. The van der Waals surface area contributed by atoms with E-state index in [9.17, 15) is 0 Å². The quantitative estimate of drug-likeness (QED) is 0.816. The molecule has 1 aromatic heterocycles. The zero-order chi connectivity index (χ0) is 11.4. The van der Waals surface area contributed by atoms with E-state index in [1.807, 2.05) is 13.1 Å². The van der Waals surface area contributed by atoms with Crippen LogP contribution in [0.1, 0.15) is 17.9 Å². The van der Waals surface area contributed by atoms with Crippen molar-refractivity contribution in [3.63, 3.8) is 0 Å². The van der Waals surface area contributed by atoms with Crippen LogP contribution in [0.25, 0.3) is 0 Å². The van der Waals surface area contributed by atoms with Gasteiger partial charge in [0.15, 0.2) is 0 Å². The van der Waals surface area contributed by atoms with Gasteiger partial charge in [0.1, 0.15) is 11.5 Å². The highest BCUT2D eigenvalue weighted by molar-refractivity contribution is 5.07. The third-order valence-electron chi connectivity index (χ3n) is 3.01. The minimum absolute atomic E-state index is 0.395. The fraction of sp³-hybridized carbons (Fsp3) is 0.667. The second-order valence-electron chi connectivity index (χ2n) is 4.28. The molecule has 0 aromatic carbocycles. The number of rotatable bonds is 5. The Balaban J connectivity index is 1.84. The van der Waals surface area contributed by atoms with Crippen molar-refractivity contribution in [1.29, 1.82) is 0 Å². The molecule has 1 N–H and O–H groups in total. The monoisotopic (exact) mass is 224 g/mol. The molecule has 0 saturated carbocycles. The lowest BCUT2D eigenvalue weighted by Gasteiger charge is -2.13. The molecule has 1 aliphatic rings. The summed E-state index contributed by atoms with van der Waals surface area (Å²) in [5.74, 6) is 2.04. The summed E-state index contributed by atoms with van der Waals surface area (Å²) in [6, 6.07) is 4.10. The maximum atomic E-state index is 5.71. The number of furan rings is 1. The minimum atomic E-state index is 0.395. The van der Waals surface area contributed by atoms with Crippen LogP contribution in [0.2, 0.25) is 0 Å². The fourth-order valence-electron chi connectivity index (χ4n) is 2.13. The number of hydrogen-bond acceptors (Lipinski definition) is 4. The Kier molecular flexibility index (Phi) is 3.98. The summed E-state index contributed by atoms with van der Waals surface area (Å²) in [6.07, 6.45) is 1.52. The molecular formula is C12H20N2O2. The van der Waals surface area contributed by atoms with Crippen molar-refractivity contribution >= 4 is 0 Å². The second kappa shape index (κ2) is 5.48. The summed E-state index contributed by atoms with van der Waals surface area (Å²) in [6.45, 7) is 3.80. The molecule has 1 aromatic rings. The third kappa shape index (κ3) is 2.84. The van der Waals surface area contributed by atoms with E-state index >= 15 is 0 Å². The van der Waals surface area contributed by atoms with E-state index in [0.29, 0.717) is 6.10 Å². The van der Waals surface area contributed by atoms with E-state index in [0.717, 1.165) is 44.1 Å². The van der Waals surface area contributed by atoms with Crippen molar-refractivity contribution in [2.75, 3.05) is 27.2 Å². The van der Waals surface area contributed by atoms with Crippen molar-refractivity contribution in [2.45, 2.75) is 25.6 Å². The first-order chi connectivity index (χ1) is 7.81. The van der Waals surface area contributed by atoms with Gasteiger partial charge in [0.05, 0.1) is 19.2 Å². The van der Waals surface area contributed by atoms with Gasteiger partial charge in [-0.05, 0) is 25.6 Å². The molecule has 4 heteroatoms. The zero-order valence-corrected chi connectivity index (χ0v) is 10.0. The third-order valence-corrected chi connectivity index (χ3v) is 3.01. The van der Waals surface area contributed by atoms with Crippen molar-refractivity contribution < 1.29 is 9.15 Å². The number of nitrogens with one attached hydrogen (secondary N) is 1. The molecule has 2 heterocycles. The predicted molar refractivity (Wildman–Crippen MR) is 62.2 cm³/mol. The van der Waals surface area contributed by atoms with Gasteiger partial charge < -0.3 is 14.5 Å². The van der Waals surface area contributed by atoms with Crippen LogP contribution < -0.4 is 5.32 Å². The Bertz CT molecular complexity index is 325. The van der Waals surface area contributed by atoms with E-state index in [4.69, 9.17) is 9.15 Å². The molecule has 0 aliphatic carbocycles. The normalized spacial score (nSPS) is 21.8. The topological polar surface area (TPSA) is 37.6 Å². The van der Waals surface area contributed by atoms with Gasteiger partial charge in [-0.25, -0.2) is 0 Å². The van der Waals surface area contributed by atoms with Crippen LogP contribution in [0.15, 0.2) is 16.5 Å². The molecular weight excluding hydrogens is 204 g/mol. The maximum absolute atomic E-state index is 5.71. The van der Waals surface area contributed by atoms with Gasteiger partial charge in [-0.15, -0.1) is 0 Å². The highest BCUT2D eigenvalue weighted by atomic mass is 16.5. The lowest BCUT2D eigenvalue weighted by atomic mass is 10.3.